The van der Waals surface area contributed by atoms with Gasteiger partial charge in [-0.1, -0.05) is 29.8 Å². The number of methoxy groups -OCH3 is 2. The Morgan fingerprint density at radius 2 is 1.67 bits per heavy atom. The number of nitrogens with two attached hydrogens (primary N) is 1. The van der Waals surface area contributed by atoms with Crippen LogP contribution in [0, 0.1) is 6.92 Å². The molecule has 0 amide bonds. The van der Waals surface area contributed by atoms with Crippen LogP contribution in [0.4, 0.5) is 0 Å². The van der Waals surface area contributed by atoms with E-state index in [1.54, 1.807) is 14.2 Å². The lowest BCUT2D eigenvalue weighted by molar-refractivity contribution is -0.115. The van der Waals surface area contributed by atoms with Gasteiger partial charge in [-0.3, -0.25) is 0 Å². The number of benzene rings is 1. The average Bonchev–Trinajstić information content (AvgIpc) is 2.23. The second-order valence-corrected chi connectivity index (χ2v) is 3.69. The summed E-state index contributed by atoms with van der Waals surface area (Å²) in [5, 5.41) is 0. The minimum Gasteiger partial charge on any atom is -0.354 e. The summed E-state index contributed by atoms with van der Waals surface area (Å²) in [6.07, 6.45) is 0.415. The minimum atomic E-state index is -0.341. The van der Waals surface area contributed by atoms with Gasteiger partial charge in [0.15, 0.2) is 6.29 Å². The van der Waals surface area contributed by atoms with Crippen molar-refractivity contribution < 1.29 is 9.47 Å². The van der Waals surface area contributed by atoms with Crippen molar-refractivity contribution in [3.63, 3.8) is 0 Å². The summed E-state index contributed by atoms with van der Waals surface area (Å²) in [5.41, 5.74) is 8.41. The van der Waals surface area contributed by atoms with Gasteiger partial charge in [0.2, 0.25) is 0 Å². The largest absolute Gasteiger partial charge is 0.354 e. The summed E-state index contributed by atoms with van der Waals surface area (Å²) < 4.78 is 10.2. The van der Waals surface area contributed by atoms with Crippen LogP contribution in [0.3, 0.4) is 0 Å². The molecule has 0 saturated carbocycles. The van der Waals surface area contributed by atoms with Crippen molar-refractivity contribution in [2.75, 3.05) is 14.2 Å². The van der Waals surface area contributed by atoms with Crippen LogP contribution in [0.25, 0.3) is 0 Å². The monoisotopic (exact) mass is 209 g/mol. The molecule has 0 fully saturated rings. The summed E-state index contributed by atoms with van der Waals surface area (Å²) in [7, 11) is 3.20. The van der Waals surface area contributed by atoms with Crippen molar-refractivity contribution in [3.8, 4) is 0 Å². The van der Waals surface area contributed by atoms with E-state index in [1.807, 2.05) is 0 Å². The molecule has 0 saturated heterocycles. The Kier molecular flexibility index (Phi) is 4.75. The molecular weight excluding hydrogens is 190 g/mol. The van der Waals surface area contributed by atoms with Gasteiger partial charge in [0.25, 0.3) is 0 Å². The summed E-state index contributed by atoms with van der Waals surface area (Å²) in [6.45, 7) is 2.07. The van der Waals surface area contributed by atoms with E-state index < -0.39 is 0 Å². The molecule has 3 heteroatoms. The Bertz CT molecular complexity index is 280. The normalized spacial score (nSPS) is 13.1. The lowest BCUT2D eigenvalue weighted by Gasteiger charge is -2.20. The number of ether oxygens (including phenoxy) is 2. The Hall–Kier alpha value is -0.900. The van der Waals surface area contributed by atoms with Gasteiger partial charge in [0, 0.05) is 14.2 Å². The highest BCUT2D eigenvalue weighted by Gasteiger charge is 2.16. The standard InChI is InChI=1S/C12H19NO2/c1-9-4-6-10(7-5-9)8-11(13)12(14-2)15-3/h4-7,11-12H,8,13H2,1-3H3/t11-/m1/s1. The highest BCUT2D eigenvalue weighted by Crippen LogP contribution is 2.08. The molecule has 0 spiro atoms. The van der Waals surface area contributed by atoms with Crippen molar-refractivity contribution in [3.05, 3.63) is 35.4 Å². The Morgan fingerprint density at radius 1 is 1.13 bits per heavy atom. The Morgan fingerprint density at radius 3 is 2.13 bits per heavy atom. The molecule has 1 rings (SSSR count). The highest BCUT2D eigenvalue weighted by atomic mass is 16.7. The van der Waals surface area contributed by atoms with E-state index in [0.717, 1.165) is 6.42 Å². The van der Waals surface area contributed by atoms with Gasteiger partial charge in [-0.15, -0.1) is 0 Å². The van der Waals surface area contributed by atoms with Gasteiger partial charge < -0.3 is 15.2 Å². The quantitative estimate of drug-likeness (QED) is 0.747. The molecule has 0 aromatic heterocycles. The van der Waals surface area contributed by atoms with Gasteiger partial charge in [0.1, 0.15) is 0 Å². The smallest absolute Gasteiger partial charge is 0.172 e. The van der Waals surface area contributed by atoms with Crippen LogP contribution >= 0.6 is 0 Å². The SMILES string of the molecule is COC(OC)[C@H](N)Cc1ccc(C)cc1. The fraction of sp³-hybridized carbons (Fsp3) is 0.500. The molecule has 0 aliphatic carbocycles. The van der Waals surface area contributed by atoms with Crippen LogP contribution in [0.15, 0.2) is 24.3 Å². The van der Waals surface area contributed by atoms with Crippen LogP contribution in [0.1, 0.15) is 11.1 Å². The van der Waals surface area contributed by atoms with Crippen molar-refractivity contribution in [2.24, 2.45) is 5.73 Å². The Labute approximate surface area is 91.2 Å². The third-order valence-electron chi connectivity index (χ3n) is 2.41. The molecule has 2 N–H and O–H groups in total. The number of aryl methyl sites for hydroxylation is 1. The molecule has 15 heavy (non-hydrogen) atoms. The van der Waals surface area contributed by atoms with Crippen LogP contribution in [-0.2, 0) is 15.9 Å². The lowest BCUT2D eigenvalue weighted by Crippen LogP contribution is -2.39. The predicted octanol–water partition coefficient (Wildman–Crippen LogP) is 1.48. The average molecular weight is 209 g/mol. The third-order valence-corrected chi connectivity index (χ3v) is 2.41. The van der Waals surface area contributed by atoms with Crippen LogP contribution < -0.4 is 5.73 Å². The second-order valence-electron chi connectivity index (χ2n) is 3.69. The fourth-order valence-electron chi connectivity index (χ4n) is 1.54. The molecule has 1 aromatic carbocycles. The van der Waals surface area contributed by atoms with Crippen molar-refractivity contribution in [1.29, 1.82) is 0 Å². The molecule has 0 unspecified atom stereocenters. The van der Waals surface area contributed by atoms with E-state index in [9.17, 15) is 0 Å². The topological polar surface area (TPSA) is 44.5 Å². The zero-order valence-electron chi connectivity index (χ0n) is 9.57. The van der Waals surface area contributed by atoms with Crippen molar-refractivity contribution in [2.45, 2.75) is 25.7 Å². The minimum absolute atomic E-state index is 0.136. The first-order valence-electron chi connectivity index (χ1n) is 5.04. The zero-order chi connectivity index (χ0) is 11.3. The molecule has 0 aliphatic rings. The third kappa shape index (κ3) is 3.63. The summed E-state index contributed by atoms with van der Waals surface area (Å²) in [4.78, 5) is 0. The van der Waals surface area contributed by atoms with Crippen LogP contribution in [0.5, 0.6) is 0 Å². The molecule has 0 bridgehead atoms. The molecule has 1 atom stereocenters. The predicted molar refractivity (Wildman–Crippen MR) is 60.7 cm³/mol. The molecule has 84 valence electrons. The maximum Gasteiger partial charge on any atom is 0.172 e. The molecule has 1 aromatic rings. The number of hydrogen-bond acceptors (Lipinski definition) is 3. The fourth-order valence-corrected chi connectivity index (χ4v) is 1.54. The van der Waals surface area contributed by atoms with Gasteiger partial charge in [-0.2, -0.15) is 0 Å². The lowest BCUT2D eigenvalue weighted by atomic mass is 10.0. The number of hydrogen-bond donors (Lipinski definition) is 1. The van der Waals surface area contributed by atoms with Gasteiger partial charge in [-0.25, -0.2) is 0 Å². The molecule has 0 radical (unpaired) electrons. The first-order valence-corrected chi connectivity index (χ1v) is 5.04. The summed E-state index contributed by atoms with van der Waals surface area (Å²) in [5.74, 6) is 0. The van der Waals surface area contributed by atoms with E-state index in [2.05, 4.69) is 31.2 Å². The van der Waals surface area contributed by atoms with E-state index in [4.69, 9.17) is 15.2 Å². The van der Waals surface area contributed by atoms with Crippen molar-refractivity contribution in [1.82, 2.24) is 0 Å². The highest BCUT2D eigenvalue weighted by molar-refractivity contribution is 5.22. The molecule has 3 nitrogen and oxygen atoms in total. The van der Waals surface area contributed by atoms with E-state index in [1.165, 1.54) is 11.1 Å². The maximum atomic E-state index is 5.96. The summed E-state index contributed by atoms with van der Waals surface area (Å²) >= 11 is 0. The summed E-state index contributed by atoms with van der Waals surface area (Å²) in [6, 6.07) is 8.19. The Balaban J connectivity index is 2.57. The van der Waals surface area contributed by atoms with E-state index >= 15 is 0 Å². The first-order chi connectivity index (χ1) is 7.17. The van der Waals surface area contributed by atoms with Crippen molar-refractivity contribution >= 4 is 0 Å². The zero-order valence-corrected chi connectivity index (χ0v) is 9.57. The maximum absolute atomic E-state index is 5.96. The first kappa shape index (κ1) is 12.2. The molecule has 0 heterocycles. The van der Waals surface area contributed by atoms with Gasteiger partial charge in [-0.05, 0) is 18.9 Å². The van der Waals surface area contributed by atoms with E-state index in [-0.39, 0.29) is 12.3 Å². The number of rotatable bonds is 5. The van der Waals surface area contributed by atoms with E-state index in [0.29, 0.717) is 0 Å². The van der Waals surface area contributed by atoms with Gasteiger partial charge >= 0.3 is 0 Å². The van der Waals surface area contributed by atoms with Crippen LogP contribution in [-0.4, -0.2) is 26.6 Å². The second kappa shape index (κ2) is 5.85. The van der Waals surface area contributed by atoms with Crippen LogP contribution in [0.2, 0.25) is 0 Å². The molecular formula is C12H19NO2. The van der Waals surface area contributed by atoms with Gasteiger partial charge in [0.05, 0.1) is 6.04 Å². The molecule has 0 aliphatic heterocycles.